The number of benzene rings is 2. The Morgan fingerprint density at radius 2 is 1.62 bits per heavy atom. The third-order valence-corrected chi connectivity index (χ3v) is 6.97. The van der Waals surface area contributed by atoms with Gasteiger partial charge < -0.3 is 10.2 Å². The van der Waals surface area contributed by atoms with Crippen molar-refractivity contribution < 1.29 is 18.0 Å². The van der Waals surface area contributed by atoms with Crippen LogP contribution in [0.5, 0.6) is 0 Å². The van der Waals surface area contributed by atoms with Gasteiger partial charge >= 0.3 is 0 Å². The topological polar surface area (TPSA) is 86.8 Å². The van der Waals surface area contributed by atoms with Gasteiger partial charge in [-0.2, -0.15) is 0 Å². The second-order valence-corrected chi connectivity index (χ2v) is 10.9. The van der Waals surface area contributed by atoms with Crippen LogP contribution in [0.25, 0.3) is 0 Å². The Labute approximate surface area is 204 Å². The van der Waals surface area contributed by atoms with Crippen molar-refractivity contribution >= 4 is 27.5 Å². The first-order chi connectivity index (χ1) is 15.9. The van der Waals surface area contributed by atoms with Crippen LogP contribution < -0.4 is 9.62 Å². The molecule has 34 heavy (non-hydrogen) atoms. The second kappa shape index (κ2) is 12.0. The minimum Gasteiger partial charge on any atom is -0.352 e. The summed E-state index contributed by atoms with van der Waals surface area (Å²) in [6, 6.07) is 14.4. The molecule has 0 aliphatic heterocycles. The van der Waals surface area contributed by atoms with E-state index in [2.05, 4.69) is 5.32 Å². The highest BCUT2D eigenvalue weighted by Crippen LogP contribution is 2.25. The maximum absolute atomic E-state index is 13.2. The fourth-order valence-electron chi connectivity index (χ4n) is 3.76. The van der Waals surface area contributed by atoms with Crippen molar-refractivity contribution in [3.05, 3.63) is 65.2 Å². The zero-order valence-electron chi connectivity index (χ0n) is 21.0. The van der Waals surface area contributed by atoms with E-state index in [-0.39, 0.29) is 30.8 Å². The number of anilines is 1. The second-order valence-electron chi connectivity index (χ2n) is 9.00. The first kappa shape index (κ1) is 27.4. The number of carbonyl (C=O) groups is 2. The monoisotopic (exact) mass is 487 g/mol. The fraction of sp³-hybridized carbons (Fsp3) is 0.462. The predicted octanol–water partition coefficient (Wildman–Crippen LogP) is 3.79. The van der Waals surface area contributed by atoms with Crippen molar-refractivity contribution in [3.8, 4) is 0 Å². The molecule has 0 aliphatic rings. The van der Waals surface area contributed by atoms with Crippen molar-refractivity contribution in [1.29, 1.82) is 0 Å². The van der Waals surface area contributed by atoms with E-state index >= 15 is 0 Å². The Bertz CT molecular complexity index is 1080. The number of nitrogens with one attached hydrogen (secondary N) is 1. The first-order valence-corrected chi connectivity index (χ1v) is 13.4. The predicted molar refractivity (Wildman–Crippen MR) is 137 cm³/mol. The van der Waals surface area contributed by atoms with Crippen LogP contribution in [-0.2, 0) is 26.2 Å². The summed E-state index contributed by atoms with van der Waals surface area (Å²) >= 11 is 0. The highest BCUT2D eigenvalue weighted by atomic mass is 32.2. The van der Waals surface area contributed by atoms with Crippen molar-refractivity contribution in [2.24, 2.45) is 0 Å². The zero-order valence-corrected chi connectivity index (χ0v) is 21.9. The van der Waals surface area contributed by atoms with E-state index in [0.29, 0.717) is 18.7 Å². The van der Waals surface area contributed by atoms with E-state index in [0.717, 1.165) is 16.7 Å². The molecular formula is C26H37N3O4S. The molecule has 0 bridgehead atoms. The van der Waals surface area contributed by atoms with E-state index in [4.69, 9.17) is 0 Å². The lowest BCUT2D eigenvalue weighted by molar-refractivity contribution is -0.140. The molecule has 2 rings (SSSR count). The van der Waals surface area contributed by atoms with Gasteiger partial charge in [0.1, 0.15) is 6.04 Å². The molecule has 0 spiro atoms. The van der Waals surface area contributed by atoms with Gasteiger partial charge in [0, 0.05) is 25.6 Å². The van der Waals surface area contributed by atoms with E-state index < -0.39 is 16.1 Å². The van der Waals surface area contributed by atoms with Crippen LogP contribution in [-0.4, -0.2) is 50.0 Å². The molecule has 0 saturated carbocycles. The average molecular weight is 488 g/mol. The molecule has 0 heterocycles. The number of rotatable bonds is 11. The maximum atomic E-state index is 13.2. The van der Waals surface area contributed by atoms with Gasteiger partial charge in [0.2, 0.25) is 21.8 Å². The van der Waals surface area contributed by atoms with Gasteiger partial charge in [-0.05, 0) is 63.8 Å². The normalized spacial score (nSPS) is 12.3. The van der Waals surface area contributed by atoms with Crippen LogP contribution in [0, 0.1) is 13.8 Å². The number of nitrogens with zero attached hydrogens (tertiary/aromatic N) is 2. The van der Waals surface area contributed by atoms with Crippen LogP contribution in [0.2, 0.25) is 0 Å². The number of sulfonamides is 1. The standard InChI is InChI=1S/C26H37N3O4S/c1-19(2)27-26(31)22(5)28(18-23-13-8-7-9-14-23)25(30)16-11-17-29(34(6,32)33)24-15-10-12-20(3)21(24)4/h7-10,12-15,19,22H,11,16-18H2,1-6H3,(H,27,31)/t22-/m0/s1. The molecular weight excluding hydrogens is 450 g/mol. The summed E-state index contributed by atoms with van der Waals surface area (Å²) in [6.07, 6.45) is 1.64. The van der Waals surface area contributed by atoms with E-state index in [1.165, 1.54) is 10.6 Å². The Morgan fingerprint density at radius 1 is 0.971 bits per heavy atom. The van der Waals surface area contributed by atoms with Gasteiger partial charge in [-0.1, -0.05) is 42.5 Å². The summed E-state index contributed by atoms with van der Waals surface area (Å²) in [5.74, 6) is -0.405. The lowest BCUT2D eigenvalue weighted by atomic mass is 10.1. The molecule has 2 aromatic rings. The van der Waals surface area contributed by atoms with Crippen molar-refractivity contribution in [3.63, 3.8) is 0 Å². The molecule has 2 amide bonds. The molecule has 8 heteroatoms. The lowest BCUT2D eigenvalue weighted by Crippen LogP contribution is -2.49. The Kier molecular flexibility index (Phi) is 9.67. The summed E-state index contributed by atoms with van der Waals surface area (Å²) in [5.41, 5.74) is 3.44. The molecule has 0 radical (unpaired) electrons. The Balaban J connectivity index is 2.18. The Morgan fingerprint density at radius 3 is 2.21 bits per heavy atom. The molecule has 7 nitrogen and oxygen atoms in total. The van der Waals surface area contributed by atoms with Gasteiger partial charge in [0.05, 0.1) is 11.9 Å². The average Bonchev–Trinajstić information content (AvgIpc) is 2.76. The molecule has 0 aromatic heterocycles. The highest BCUT2D eigenvalue weighted by molar-refractivity contribution is 7.92. The van der Waals surface area contributed by atoms with Crippen LogP contribution in [0.1, 0.15) is 50.3 Å². The largest absolute Gasteiger partial charge is 0.352 e. The first-order valence-electron chi connectivity index (χ1n) is 11.6. The molecule has 2 aromatic carbocycles. The smallest absolute Gasteiger partial charge is 0.242 e. The van der Waals surface area contributed by atoms with Crippen LogP contribution in [0.15, 0.2) is 48.5 Å². The SMILES string of the molecule is Cc1cccc(N(CCCC(=O)N(Cc2ccccc2)[C@@H](C)C(=O)NC(C)C)S(C)(=O)=O)c1C. The lowest BCUT2D eigenvalue weighted by Gasteiger charge is -2.30. The van der Waals surface area contributed by atoms with Crippen LogP contribution in [0.4, 0.5) is 5.69 Å². The van der Waals surface area contributed by atoms with E-state index in [1.54, 1.807) is 17.9 Å². The number of hydrogen-bond donors (Lipinski definition) is 1. The van der Waals surface area contributed by atoms with Gasteiger partial charge in [0.15, 0.2) is 0 Å². The van der Waals surface area contributed by atoms with E-state index in [9.17, 15) is 18.0 Å². The van der Waals surface area contributed by atoms with Crippen LogP contribution >= 0.6 is 0 Å². The summed E-state index contributed by atoms with van der Waals surface area (Å²) < 4.78 is 26.4. The summed E-state index contributed by atoms with van der Waals surface area (Å²) in [7, 11) is -3.52. The summed E-state index contributed by atoms with van der Waals surface area (Å²) in [6.45, 7) is 9.79. The van der Waals surface area contributed by atoms with Crippen molar-refractivity contribution in [2.45, 2.75) is 66.1 Å². The van der Waals surface area contributed by atoms with Crippen LogP contribution in [0.3, 0.4) is 0 Å². The molecule has 0 saturated heterocycles. The molecule has 0 fully saturated rings. The molecule has 1 N–H and O–H groups in total. The van der Waals surface area contributed by atoms with Gasteiger partial charge in [0.25, 0.3) is 0 Å². The highest BCUT2D eigenvalue weighted by Gasteiger charge is 2.27. The minimum absolute atomic E-state index is 0.0375. The van der Waals surface area contributed by atoms with Crippen molar-refractivity contribution in [2.75, 3.05) is 17.1 Å². The third-order valence-electron chi connectivity index (χ3n) is 5.79. The third kappa shape index (κ3) is 7.58. The summed E-state index contributed by atoms with van der Waals surface area (Å²) in [4.78, 5) is 27.5. The maximum Gasteiger partial charge on any atom is 0.242 e. The van der Waals surface area contributed by atoms with E-state index in [1.807, 2.05) is 70.2 Å². The molecule has 0 aliphatic carbocycles. The fourth-order valence-corrected chi connectivity index (χ4v) is 4.77. The summed E-state index contributed by atoms with van der Waals surface area (Å²) in [5, 5.41) is 2.87. The number of hydrogen-bond acceptors (Lipinski definition) is 4. The zero-order chi connectivity index (χ0) is 25.5. The molecule has 1 atom stereocenters. The number of aryl methyl sites for hydroxylation is 1. The molecule has 0 unspecified atom stereocenters. The van der Waals surface area contributed by atoms with Gasteiger partial charge in [-0.25, -0.2) is 8.42 Å². The molecule has 186 valence electrons. The minimum atomic E-state index is -3.52. The number of carbonyl (C=O) groups excluding carboxylic acids is 2. The van der Waals surface area contributed by atoms with Gasteiger partial charge in [-0.3, -0.25) is 13.9 Å². The quantitative estimate of drug-likeness (QED) is 0.522. The van der Waals surface area contributed by atoms with Gasteiger partial charge in [-0.15, -0.1) is 0 Å². The van der Waals surface area contributed by atoms with Crippen molar-refractivity contribution in [1.82, 2.24) is 10.2 Å². The number of amides is 2. The Hall–Kier alpha value is -2.87.